The number of β-amino-alcohol motifs (C(OH)–C–C–N with tert-alkyl or cyclic N) is 1. The molecule has 0 aliphatic carbocycles. The number of hydrogen-bond donors (Lipinski definition) is 1. The van der Waals surface area contributed by atoms with Crippen molar-refractivity contribution in [2.24, 2.45) is 13.0 Å². The molecule has 0 saturated carbocycles. The highest BCUT2D eigenvalue weighted by molar-refractivity contribution is 4.99. The van der Waals surface area contributed by atoms with Gasteiger partial charge in [-0.05, 0) is 5.92 Å². The third kappa shape index (κ3) is 1.89. The van der Waals surface area contributed by atoms with Crippen molar-refractivity contribution in [3.63, 3.8) is 0 Å². The Hall–Kier alpha value is -0.940. The third-order valence-corrected chi connectivity index (χ3v) is 3.24. The zero-order valence-electron chi connectivity index (χ0n) is 9.51. The molecule has 0 atom stereocenters. The van der Waals surface area contributed by atoms with Crippen molar-refractivity contribution in [1.82, 2.24) is 19.7 Å². The molecule has 1 N–H and O–H groups in total. The van der Waals surface area contributed by atoms with Crippen molar-refractivity contribution in [3.8, 4) is 0 Å². The smallest absolute Gasteiger partial charge is 0.140 e. The Morgan fingerprint density at radius 3 is 2.67 bits per heavy atom. The second kappa shape index (κ2) is 3.57. The molecule has 0 bridgehead atoms. The molecule has 1 aromatic rings. The summed E-state index contributed by atoms with van der Waals surface area (Å²) in [6, 6.07) is 0. The topological polar surface area (TPSA) is 54.2 Å². The summed E-state index contributed by atoms with van der Waals surface area (Å²) in [5.41, 5.74) is -0.501. The number of rotatable bonds is 3. The fourth-order valence-electron chi connectivity index (χ4n) is 1.87. The van der Waals surface area contributed by atoms with Crippen LogP contribution >= 0.6 is 0 Å². The van der Waals surface area contributed by atoms with Crippen LogP contribution in [0, 0.1) is 5.92 Å². The fourth-order valence-corrected chi connectivity index (χ4v) is 1.87. The van der Waals surface area contributed by atoms with E-state index in [0.717, 1.165) is 25.5 Å². The molecule has 15 heavy (non-hydrogen) atoms. The molecule has 1 aromatic heterocycles. The van der Waals surface area contributed by atoms with Crippen LogP contribution in [0.4, 0.5) is 0 Å². The van der Waals surface area contributed by atoms with E-state index in [1.165, 1.54) is 0 Å². The Kier molecular flexibility index (Phi) is 2.52. The molecule has 1 aliphatic rings. The average Bonchev–Trinajstić information content (AvgIpc) is 2.48. The largest absolute Gasteiger partial charge is 0.387 e. The maximum atomic E-state index is 10.1. The summed E-state index contributed by atoms with van der Waals surface area (Å²) in [5.74, 6) is 1.26. The molecule has 0 unspecified atom stereocenters. The van der Waals surface area contributed by atoms with Gasteiger partial charge in [0.2, 0.25) is 0 Å². The highest BCUT2D eigenvalue weighted by Gasteiger charge is 2.43. The first kappa shape index (κ1) is 10.6. The van der Waals surface area contributed by atoms with Crippen molar-refractivity contribution in [1.29, 1.82) is 0 Å². The van der Waals surface area contributed by atoms with Gasteiger partial charge in [0.15, 0.2) is 0 Å². The molecule has 0 aromatic carbocycles. The molecule has 1 fully saturated rings. The molecular formula is C10H18N4O. The number of likely N-dealkylation sites (tertiary alicyclic amines) is 1. The summed E-state index contributed by atoms with van der Waals surface area (Å²) in [6.45, 7) is 6.35. The fraction of sp³-hybridized carbons (Fsp3) is 0.800. The minimum absolute atomic E-state index is 0.313. The standard InChI is InChI=1S/C10H18N4O/c1-8(2)10(15)5-14(6-10)4-9-11-7-12-13(9)3/h7-8,15H,4-6H2,1-3H3. The van der Waals surface area contributed by atoms with Gasteiger partial charge in [-0.25, -0.2) is 4.98 Å². The van der Waals surface area contributed by atoms with Crippen LogP contribution in [0.1, 0.15) is 19.7 Å². The maximum Gasteiger partial charge on any atom is 0.140 e. The van der Waals surface area contributed by atoms with E-state index in [4.69, 9.17) is 0 Å². The highest BCUT2D eigenvalue weighted by atomic mass is 16.3. The van der Waals surface area contributed by atoms with Crippen LogP contribution in [0.15, 0.2) is 6.33 Å². The van der Waals surface area contributed by atoms with Gasteiger partial charge < -0.3 is 5.11 Å². The molecule has 0 radical (unpaired) electrons. The number of hydrogen-bond acceptors (Lipinski definition) is 4. The van der Waals surface area contributed by atoms with E-state index in [2.05, 4.69) is 28.8 Å². The molecule has 84 valence electrons. The van der Waals surface area contributed by atoms with E-state index in [-0.39, 0.29) is 0 Å². The Morgan fingerprint density at radius 1 is 1.53 bits per heavy atom. The highest BCUT2D eigenvalue weighted by Crippen LogP contribution is 2.29. The van der Waals surface area contributed by atoms with Crippen molar-refractivity contribution in [2.45, 2.75) is 26.0 Å². The van der Waals surface area contributed by atoms with Gasteiger partial charge in [-0.3, -0.25) is 9.58 Å². The Balaban J connectivity index is 1.89. The second-order valence-electron chi connectivity index (χ2n) is 4.70. The van der Waals surface area contributed by atoms with Gasteiger partial charge in [0.1, 0.15) is 12.2 Å². The summed E-state index contributed by atoms with van der Waals surface area (Å²) in [4.78, 5) is 6.34. The van der Waals surface area contributed by atoms with Gasteiger partial charge in [0.05, 0.1) is 12.1 Å². The zero-order valence-corrected chi connectivity index (χ0v) is 9.51. The minimum Gasteiger partial charge on any atom is -0.387 e. The lowest BCUT2D eigenvalue weighted by Crippen LogP contribution is -2.64. The first-order chi connectivity index (χ1) is 7.01. The number of aryl methyl sites for hydroxylation is 1. The lowest BCUT2D eigenvalue weighted by molar-refractivity contribution is -0.131. The predicted octanol–water partition coefficient (Wildman–Crippen LogP) is 0.0178. The summed E-state index contributed by atoms with van der Waals surface area (Å²) in [6.07, 6.45) is 1.56. The van der Waals surface area contributed by atoms with Crippen LogP contribution in [0.2, 0.25) is 0 Å². The summed E-state index contributed by atoms with van der Waals surface area (Å²) in [5, 5.41) is 14.1. The molecule has 0 spiro atoms. The molecular weight excluding hydrogens is 192 g/mol. The molecule has 1 saturated heterocycles. The van der Waals surface area contributed by atoms with Crippen molar-refractivity contribution < 1.29 is 5.11 Å². The van der Waals surface area contributed by atoms with Gasteiger partial charge >= 0.3 is 0 Å². The van der Waals surface area contributed by atoms with Crippen molar-refractivity contribution in [3.05, 3.63) is 12.2 Å². The summed E-state index contributed by atoms with van der Waals surface area (Å²) >= 11 is 0. The molecule has 5 nitrogen and oxygen atoms in total. The second-order valence-corrected chi connectivity index (χ2v) is 4.70. The van der Waals surface area contributed by atoms with Gasteiger partial charge in [0.25, 0.3) is 0 Å². The Bertz CT molecular complexity index is 341. The molecule has 2 heterocycles. The third-order valence-electron chi connectivity index (χ3n) is 3.24. The maximum absolute atomic E-state index is 10.1. The number of aromatic nitrogens is 3. The van der Waals surface area contributed by atoms with E-state index in [0.29, 0.717) is 5.92 Å². The van der Waals surface area contributed by atoms with Crippen LogP contribution in [-0.4, -0.2) is 43.5 Å². The normalized spacial score (nSPS) is 20.6. The van der Waals surface area contributed by atoms with Crippen molar-refractivity contribution in [2.75, 3.05) is 13.1 Å². The van der Waals surface area contributed by atoms with Crippen LogP contribution in [-0.2, 0) is 13.6 Å². The molecule has 5 heteroatoms. The van der Waals surface area contributed by atoms with Crippen LogP contribution < -0.4 is 0 Å². The zero-order chi connectivity index (χ0) is 11.1. The molecule has 1 aliphatic heterocycles. The quantitative estimate of drug-likeness (QED) is 0.764. The average molecular weight is 210 g/mol. The molecule has 0 amide bonds. The first-order valence-electron chi connectivity index (χ1n) is 5.29. The van der Waals surface area contributed by atoms with E-state index in [9.17, 15) is 5.11 Å². The van der Waals surface area contributed by atoms with Gasteiger partial charge in [-0.1, -0.05) is 13.8 Å². The van der Waals surface area contributed by atoms with Crippen LogP contribution in [0.5, 0.6) is 0 Å². The van der Waals surface area contributed by atoms with E-state index in [1.54, 1.807) is 11.0 Å². The number of nitrogens with zero attached hydrogens (tertiary/aromatic N) is 4. The Morgan fingerprint density at radius 2 is 2.20 bits per heavy atom. The lowest BCUT2D eigenvalue weighted by Gasteiger charge is -2.48. The monoisotopic (exact) mass is 210 g/mol. The van der Waals surface area contributed by atoms with E-state index >= 15 is 0 Å². The number of aliphatic hydroxyl groups is 1. The van der Waals surface area contributed by atoms with E-state index < -0.39 is 5.60 Å². The molecule has 2 rings (SSSR count). The first-order valence-corrected chi connectivity index (χ1v) is 5.29. The summed E-state index contributed by atoms with van der Waals surface area (Å²) in [7, 11) is 1.89. The Labute approximate surface area is 89.7 Å². The van der Waals surface area contributed by atoms with Crippen molar-refractivity contribution >= 4 is 0 Å². The minimum atomic E-state index is -0.501. The van der Waals surface area contributed by atoms with Crippen LogP contribution in [0.25, 0.3) is 0 Å². The van der Waals surface area contributed by atoms with E-state index in [1.807, 2.05) is 7.05 Å². The van der Waals surface area contributed by atoms with Gasteiger partial charge in [-0.15, -0.1) is 0 Å². The SMILES string of the molecule is CC(C)C1(O)CN(Cc2ncnn2C)C1. The van der Waals surface area contributed by atoms with Crippen LogP contribution in [0.3, 0.4) is 0 Å². The lowest BCUT2D eigenvalue weighted by atomic mass is 9.83. The van der Waals surface area contributed by atoms with Gasteiger partial charge in [-0.2, -0.15) is 5.10 Å². The predicted molar refractivity (Wildman–Crippen MR) is 56.1 cm³/mol. The van der Waals surface area contributed by atoms with Gasteiger partial charge in [0, 0.05) is 20.1 Å². The summed E-state index contributed by atoms with van der Waals surface area (Å²) < 4.78 is 1.77.